The van der Waals surface area contributed by atoms with Crippen LogP contribution in [0.3, 0.4) is 0 Å². The number of benzene rings is 5. The number of nitro groups is 1. The first-order valence-electron chi connectivity index (χ1n) is 24.8. The number of non-ortho nitro benzene ring substituents is 1. The lowest BCUT2D eigenvalue weighted by molar-refractivity contribution is -0.384. The summed E-state index contributed by atoms with van der Waals surface area (Å²) in [5.41, 5.74) is 13.6. The molecule has 0 bridgehead atoms. The van der Waals surface area contributed by atoms with E-state index in [9.17, 15) is 19.7 Å². The Morgan fingerprint density at radius 3 is 1.19 bits per heavy atom. The van der Waals surface area contributed by atoms with Gasteiger partial charge in [0.2, 0.25) is 0 Å². The van der Waals surface area contributed by atoms with Crippen LogP contribution in [0.25, 0.3) is 49.4 Å². The average molecular weight is 1150 g/mol. The maximum absolute atomic E-state index is 12.2. The summed E-state index contributed by atoms with van der Waals surface area (Å²) in [4.78, 5) is 51.8. The first-order chi connectivity index (χ1) is 36.3. The first-order valence-corrected chi connectivity index (χ1v) is 25.6. The molecule has 6 heterocycles. The third kappa shape index (κ3) is 15.1. The fraction of sp³-hybridized carbons (Fsp3) is 0.207. The van der Waals surface area contributed by atoms with Crippen LogP contribution in [0.2, 0.25) is 0 Å². The number of halogens is 3. The second kappa shape index (κ2) is 27.9. The quantitative estimate of drug-likeness (QED) is 0.0437. The van der Waals surface area contributed by atoms with Crippen molar-refractivity contribution in [2.24, 2.45) is 0 Å². The van der Waals surface area contributed by atoms with E-state index in [4.69, 9.17) is 24.4 Å². The third-order valence-corrected chi connectivity index (χ3v) is 14.0. The zero-order valence-electron chi connectivity index (χ0n) is 43.3. The summed E-state index contributed by atoms with van der Waals surface area (Å²) in [7, 11) is 6.36. The summed E-state index contributed by atoms with van der Waals surface area (Å²) in [6.45, 7) is 6.01. The second-order valence-corrected chi connectivity index (χ2v) is 19.7. The van der Waals surface area contributed by atoms with Gasteiger partial charge in [-0.1, -0.05) is 54.6 Å². The summed E-state index contributed by atoms with van der Waals surface area (Å²) < 4.78 is 0. The van der Waals surface area contributed by atoms with Gasteiger partial charge in [-0.25, -0.2) is 0 Å². The van der Waals surface area contributed by atoms with Crippen molar-refractivity contribution in [3.05, 3.63) is 190 Å². The summed E-state index contributed by atoms with van der Waals surface area (Å²) in [5, 5.41) is 26.4. The van der Waals surface area contributed by atoms with E-state index >= 15 is 0 Å². The lowest BCUT2D eigenvalue weighted by atomic mass is 9.99. The molecule has 0 saturated heterocycles. The highest BCUT2D eigenvalue weighted by Gasteiger charge is 2.18. The molecular formula is C58H62Cl3N11O4S2. The van der Waals surface area contributed by atoms with E-state index in [2.05, 4.69) is 115 Å². The molecule has 0 saturated carbocycles. The lowest BCUT2D eigenvalue weighted by Crippen LogP contribution is -2.34. The first kappa shape index (κ1) is 60.0. The van der Waals surface area contributed by atoms with Crippen LogP contribution in [-0.4, -0.2) is 117 Å². The lowest BCUT2D eigenvalue weighted by Gasteiger charge is -2.21. The summed E-state index contributed by atoms with van der Waals surface area (Å²) >= 11 is 10.6. The number of amides is 2. The van der Waals surface area contributed by atoms with Gasteiger partial charge in [0.25, 0.3) is 17.5 Å². The van der Waals surface area contributed by atoms with Crippen molar-refractivity contribution in [2.75, 3.05) is 71.0 Å². The molecule has 0 spiro atoms. The molecule has 0 atom stereocenters. The zero-order valence-corrected chi connectivity index (χ0v) is 47.3. The molecule has 78 heavy (non-hydrogen) atoms. The number of fused-ring (bicyclic) bond motifs is 3. The summed E-state index contributed by atoms with van der Waals surface area (Å²) in [5.74, 6) is -0.448. The highest BCUT2D eigenvalue weighted by molar-refractivity contribution is 7.80. The van der Waals surface area contributed by atoms with Gasteiger partial charge >= 0.3 is 0 Å². The molecule has 15 nitrogen and oxygen atoms in total. The number of nitrogens with zero attached hydrogens (tertiary/aromatic N) is 4. The Kier molecular flexibility index (Phi) is 21.5. The largest absolute Gasteiger partial charge is 0.361 e. The molecule has 11 rings (SSSR count). The SMILES string of the molecule is CN1CC=C(c2c[nH]c3ccc(NC(=S)NC(=O)c4ccccc4)cc23)CC1.CN1CC=C(c2c[nH]c3ccc(NC(=S)NC(=O)c4ccccc4)cc23)CC1.CN1CC=C(c2c[nH]c3ccc([N+](=O)[O-])cc23)CC1.Cl.Cl.Cl. The maximum Gasteiger partial charge on any atom is 0.270 e. The Labute approximate surface area is 482 Å². The van der Waals surface area contributed by atoms with Crippen LogP contribution >= 0.6 is 61.7 Å². The molecule has 3 aliphatic rings. The van der Waals surface area contributed by atoms with Crippen molar-refractivity contribution in [1.82, 2.24) is 40.3 Å². The summed E-state index contributed by atoms with van der Waals surface area (Å²) in [6, 6.07) is 35.1. The van der Waals surface area contributed by atoms with Gasteiger partial charge in [0, 0.05) is 142 Å². The highest BCUT2D eigenvalue weighted by Crippen LogP contribution is 2.34. The third-order valence-electron chi connectivity index (χ3n) is 13.6. The second-order valence-electron chi connectivity index (χ2n) is 18.9. The van der Waals surface area contributed by atoms with Gasteiger partial charge in [0.1, 0.15) is 0 Å². The van der Waals surface area contributed by atoms with Gasteiger partial charge in [-0.05, 0) is 148 Å². The van der Waals surface area contributed by atoms with E-state index in [0.717, 1.165) is 108 Å². The van der Waals surface area contributed by atoms with Gasteiger partial charge in [0.05, 0.1) is 4.92 Å². The van der Waals surface area contributed by atoms with Gasteiger partial charge in [-0.2, -0.15) is 0 Å². The van der Waals surface area contributed by atoms with Gasteiger partial charge in [-0.3, -0.25) is 30.3 Å². The van der Waals surface area contributed by atoms with Gasteiger partial charge in [-0.15, -0.1) is 37.2 Å². The van der Waals surface area contributed by atoms with Crippen molar-refractivity contribution in [2.45, 2.75) is 19.3 Å². The van der Waals surface area contributed by atoms with E-state index in [1.54, 1.807) is 36.4 Å². The molecule has 0 aliphatic carbocycles. The molecule has 20 heteroatoms. The molecule has 2 amide bonds. The minimum atomic E-state index is -0.348. The average Bonchev–Trinajstić information content (AvgIpc) is 4.17. The molecule has 0 radical (unpaired) electrons. The van der Waals surface area contributed by atoms with E-state index < -0.39 is 0 Å². The Hall–Kier alpha value is -7.19. The molecule has 0 fully saturated rings. The number of H-pyrrole nitrogens is 3. The molecule has 3 aromatic heterocycles. The number of hydrogen-bond acceptors (Lipinski definition) is 9. The minimum Gasteiger partial charge on any atom is -0.361 e. The van der Waals surface area contributed by atoms with Crippen molar-refractivity contribution < 1.29 is 14.5 Å². The predicted molar refractivity (Wildman–Crippen MR) is 334 cm³/mol. The molecule has 7 N–H and O–H groups in total. The number of nitrogens with one attached hydrogen (secondary N) is 7. The van der Waals surface area contributed by atoms with Crippen molar-refractivity contribution >= 4 is 150 Å². The maximum atomic E-state index is 12.2. The molecule has 5 aromatic carbocycles. The van der Waals surface area contributed by atoms with Crippen LogP contribution in [0.1, 0.15) is 56.7 Å². The van der Waals surface area contributed by atoms with Gasteiger partial charge < -0.3 is 40.3 Å². The number of anilines is 2. The van der Waals surface area contributed by atoms with Crippen LogP contribution in [-0.2, 0) is 0 Å². The number of aromatic nitrogens is 3. The van der Waals surface area contributed by atoms with Crippen molar-refractivity contribution in [3.63, 3.8) is 0 Å². The van der Waals surface area contributed by atoms with Crippen molar-refractivity contribution in [3.8, 4) is 0 Å². The monoisotopic (exact) mass is 1150 g/mol. The Morgan fingerprint density at radius 1 is 0.513 bits per heavy atom. The van der Waals surface area contributed by atoms with E-state index in [1.807, 2.05) is 66.9 Å². The summed E-state index contributed by atoms with van der Waals surface area (Å²) in [6.07, 6.45) is 15.9. The molecule has 0 unspecified atom stereocenters. The van der Waals surface area contributed by atoms with Crippen LogP contribution in [0, 0.1) is 10.1 Å². The van der Waals surface area contributed by atoms with Crippen LogP contribution in [0.5, 0.6) is 0 Å². The number of hydrogen-bond donors (Lipinski definition) is 7. The smallest absolute Gasteiger partial charge is 0.270 e. The topological polar surface area (TPSA) is 182 Å². The van der Waals surface area contributed by atoms with E-state index in [-0.39, 0.29) is 69.9 Å². The Bertz CT molecular complexity index is 3350. The van der Waals surface area contributed by atoms with Crippen LogP contribution in [0.4, 0.5) is 17.1 Å². The standard InChI is InChI=1S/2C22H22N4OS.C14H15N3O2.3ClH/c2*1-26-11-9-15(10-12-26)19-14-23-20-8-7-17(13-18(19)20)24-22(28)25-21(27)16-5-3-2-4-6-16;1-16-6-4-10(5-7-16)13-9-15-14-3-2-11(17(18)19)8-12(13)14;;;/h2*2-9,13-14,23H,10-12H2,1H3,(H2,24,25,27,28);2-4,8-9,15H,5-7H2,1H3;3*1H. The number of likely N-dealkylation sites (N-methyl/N-ethyl adjacent to an activating group) is 3. The fourth-order valence-corrected chi connectivity index (χ4v) is 9.74. The van der Waals surface area contributed by atoms with E-state index in [1.165, 1.54) is 33.9 Å². The van der Waals surface area contributed by atoms with E-state index in [0.29, 0.717) is 11.1 Å². The van der Waals surface area contributed by atoms with Gasteiger partial charge in [0.15, 0.2) is 10.2 Å². The number of carbonyl (C=O) groups is 2. The Morgan fingerprint density at radius 2 is 0.859 bits per heavy atom. The minimum absolute atomic E-state index is 0. The predicted octanol–water partition coefficient (Wildman–Crippen LogP) is 12.1. The fourth-order valence-electron chi connectivity index (χ4n) is 9.32. The van der Waals surface area contributed by atoms with Crippen LogP contribution in [0.15, 0.2) is 152 Å². The van der Waals surface area contributed by atoms with Crippen LogP contribution < -0.4 is 21.3 Å². The van der Waals surface area contributed by atoms with Crippen molar-refractivity contribution in [1.29, 1.82) is 0 Å². The normalized spacial score (nSPS) is 14.5. The number of rotatable bonds is 8. The zero-order chi connectivity index (χ0) is 52.4. The number of nitro benzene ring substituents is 1. The molecular weight excluding hydrogens is 1090 g/mol. The molecule has 8 aromatic rings. The molecule has 406 valence electrons. The molecule has 3 aliphatic heterocycles. The highest BCUT2D eigenvalue weighted by atomic mass is 35.5. The number of thiocarbonyl (C=S) groups is 2. The number of carbonyl (C=O) groups excluding carboxylic acids is 2. The Balaban J connectivity index is 0.000000189. The number of aromatic amines is 3.